The largest absolute Gasteiger partial charge is 0.497 e. The van der Waals surface area contributed by atoms with E-state index in [0.29, 0.717) is 17.0 Å². The normalized spacial score (nSPS) is 10.3. The number of nitrogens with one attached hydrogen (secondary N) is 1. The minimum Gasteiger partial charge on any atom is -0.497 e. The molecule has 0 unspecified atom stereocenters. The first-order valence-corrected chi connectivity index (χ1v) is 9.07. The lowest BCUT2D eigenvalue weighted by Crippen LogP contribution is -2.20. The van der Waals surface area contributed by atoms with Crippen LogP contribution in [0.2, 0.25) is 0 Å². The van der Waals surface area contributed by atoms with E-state index in [0.717, 1.165) is 16.3 Å². The molecule has 0 aliphatic carbocycles. The van der Waals surface area contributed by atoms with Crippen LogP contribution in [0, 0.1) is 6.92 Å². The first-order valence-electron chi connectivity index (χ1n) is 8.19. The molecule has 0 atom stereocenters. The van der Waals surface area contributed by atoms with Crippen molar-refractivity contribution in [2.75, 3.05) is 19.0 Å². The lowest BCUT2D eigenvalue weighted by molar-refractivity contribution is -0.119. The monoisotopic (exact) mass is 382 g/mol. The van der Waals surface area contributed by atoms with Gasteiger partial charge in [-0.1, -0.05) is 12.1 Å². The molecule has 0 saturated carbocycles. The van der Waals surface area contributed by atoms with E-state index in [-0.39, 0.29) is 6.61 Å². The molecule has 1 heterocycles. The van der Waals surface area contributed by atoms with Gasteiger partial charge in [-0.25, -0.2) is 9.78 Å². The number of methoxy groups -OCH3 is 1. The highest BCUT2D eigenvalue weighted by molar-refractivity contribution is 7.09. The van der Waals surface area contributed by atoms with Gasteiger partial charge in [-0.3, -0.25) is 4.79 Å². The van der Waals surface area contributed by atoms with E-state index in [9.17, 15) is 9.59 Å². The molecule has 1 amide bonds. The molecule has 0 spiro atoms. The van der Waals surface area contributed by atoms with Crippen LogP contribution in [-0.4, -0.2) is 30.6 Å². The fourth-order valence-corrected chi connectivity index (χ4v) is 3.01. The SMILES string of the molecule is COc1ccc(C(=O)OCC(=O)Nc2cccc(-c3csc(C)n3)c2)cc1. The highest BCUT2D eigenvalue weighted by Crippen LogP contribution is 2.24. The molecule has 2 aromatic carbocycles. The maximum absolute atomic E-state index is 12.1. The van der Waals surface area contributed by atoms with Crippen LogP contribution < -0.4 is 10.1 Å². The number of carbonyl (C=O) groups is 2. The van der Waals surface area contributed by atoms with Crippen molar-refractivity contribution in [2.24, 2.45) is 0 Å². The zero-order valence-electron chi connectivity index (χ0n) is 14.9. The first-order chi connectivity index (χ1) is 13.0. The quantitative estimate of drug-likeness (QED) is 0.654. The number of rotatable bonds is 6. The summed E-state index contributed by atoms with van der Waals surface area (Å²) in [5, 5.41) is 5.67. The van der Waals surface area contributed by atoms with Gasteiger partial charge in [0.2, 0.25) is 0 Å². The van der Waals surface area contributed by atoms with Crippen LogP contribution in [0.25, 0.3) is 11.3 Å². The Morgan fingerprint density at radius 1 is 1.15 bits per heavy atom. The lowest BCUT2D eigenvalue weighted by Gasteiger charge is -2.08. The number of amides is 1. The summed E-state index contributed by atoms with van der Waals surface area (Å²) in [6.07, 6.45) is 0. The fourth-order valence-electron chi connectivity index (χ4n) is 2.39. The number of hydrogen-bond acceptors (Lipinski definition) is 6. The highest BCUT2D eigenvalue weighted by atomic mass is 32.1. The number of aromatic nitrogens is 1. The topological polar surface area (TPSA) is 77.5 Å². The smallest absolute Gasteiger partial charge is 0.338 e. The van der Waals surface area contributed by atoms with Crippen LogP contribution in [0.4, 0.5) is 5.69 Å². The van der Waals surface area contributed by atoms with Crippen molar-refractivity contribution < 1.29 is 19.1 Å². The summed E-state index contributed by atoms with van der Waals surface area (Å²) in [7, 11) is 1.54. The zero-order valence-corrected chi connectivity index (χ0v) is 15.7. The van der Waals surface area contributed by atoms with Crippen LogP contribution in [0.1, 0.15) is 15.4 Å². The molecule has 0 aliphatic heterocycles. The number of ether oxygens (including phenoxy) is 2. The molecule has 7 heteroatoms. The molecule has 0 bridgehead atoms. The van der Waals surface area contributed by atoms with Crippen LogP contribution in [0.5, 0.6) is 5.75 Å². The first kappa shape index (κ1) is 18.6. The summed E-state index contributed by atoms with van der Waals surface area (Å²) in [6, 6.07) is 13.8. The second kappa shape index (κ2) is 8.46. The highest BCUT2D eigenvalue weighted by Gasteiger charge is 2.11. The average Bonchev–Trinajstić information content (AvgIpc) is 3.13. The summed E-state index contributed by atoms with van der Waals surface area (Å²) < 4.78 is 10.1. The summed E-state index contributed by atoms with van der Waals surface area (Å²) in [4.78, 5) is 28.5. The molecular weight excluding hydrogens is 364 g/mol. The maximum Gasteiger partial charge on any atom is 0.338 e. The third-order valence-corrected chi connectivity index (χ3v) is 4.49. The molecular formula is C20H18N2O4S. The van der Waals surface area contributed by atoms with E-state index in [1.54, 1.807) is 48.8 Å². The predicted molar refractivity (Wildman–Crippen MR) is 104 cm³/mol. The van der Waals surface area contributed by atoms with Crippen molar-refractivity contribution in [1.82, 2.24) is 4.98 Å². The second-order valence-corrected chi connectivity index (χ2v) is 6.75. The van der Waals surface area contributed by atoms with Crippen LogP contribution in [-0.2, 0) is 9.53 Å². The molecule has 27 heavy (non-hydrogen) atoms. The minimum absolute atomic E-state index is 0.351. The van der Waals surface area contributed by atoms with Gasteiger partial charge in [0.15, 0.2) is 6.61 Å². The van der Waals surface area contributed by atoms with Gasteiger partial charge in [0.05, 0.1) is 23.4 Å². The van der Waals surface area contributed by atoms with Gasteiger partial charge in [-0.15, -0.1) is 11.3 Å². The summed E-state index contributed by atoms with van der Waals surface area (Å²) >= 11 is 1.57. The third-order valence-electron chi connectivity index (χ3n) is 3.72. The summed E-state index contributed by atoms with van der Waals surface area (Å²) in [5.41, 5.74) is 2.74. The standard InChI is InChI=1S/C20H18N2O4S/c1-13-21-18(12-27-13)15-4-3-5-16(10-15)22-19(23)11-26-20(24)14-6-8-17(25-2)9-7-14/h3-10,12H,11H2,1-2H3,(H,22,23). The van der Waals surface area contributed by atoms with Gasteiger partial charge in [-0.2, -0.15) is 0 Å². The van der Waals surface area contributed by atoms with Gasteiger partial charge >= 0.3 is 5.97 Å². The van der Waals surface area contributed by atoms with Crippen molar-refractivity contribution in [1.29, 1.82) is 0 Å². The predicted octanol–water partition coefficient (Wildman–Crippen LogP) is 3.92. The maximum atomic E-state index is 12.1. The summed E-state index contributed by atoms with van der Waals surface area (Å²) in [5.74, 6) is -0.345. The number of esters is 1. The van der Waals surface area contributed by atoms with Gasteiger partial charge in [0, 0.05) is 16.6 Å². The lowest BCUT2D eigenvalue weighted by atomic mass is 10.1. The Morgan fingerprint density at radius 3 is 2.59 bits per heavy atom. The second-order valence-electron chi connectivity index (χ2n) is 5.69. The molecule has 1 N–H and O–H groups in total. The van der Waals surface area contributed by atoms with Gasteiger partial charge in [-0.05, 0) is 43.3 Å². The Kier molecular flexibility index (Phi) is 5.83. The third kappa shape index (κ3) is 4.92. The van der Waals surface area contributed by atoms with Crippen molar-refractivity contribution in [3.63, 3.8) is 0 Å². The molecule has 0 aliphatic rings. The number of hydrogen-bond donors (Lipinski definition) is 1. The van der Waals surface area contributed by atoms with E-state index < -0.39 is 11.9 Å². The molecule has 0 radical (unpaired) electrons. The van der Waals surface area contributed by atoms with Crippen molar-refractivity contribution >= 4 is 28.9 Å². The molecule has 3 rings (SSSR count). The fraction of sp³-hybridized carbons (Fsp3) is 0.150. The van der Waals surface area contributed by atoms with Gasteiger partial charge in [0.1, 0.15) is 5.75 Å². The molecule has 1 aromatic heterocycles. The molecule has 3 aromatic rings. The Balaban J connectivity index is 1.56. The number of aryl methyl sites for hydroxylation is 1. The molecule has 138 valence electrons. The van der Waals surface area contributed by atoms with Crippen molar-refractivity contribution in [2.45, 2.75) is 6.92 Å². The van der Waals surface area contributed by atoms with E-state index in [1.165, 1.54) is 0 Å². The van der Waals surface area contributed by atoms with Crippen molar-refractivity contribution in [3.05, 3.63) is 64.5 Å². The van der Waals surface area contributed by atoms with Crippen LogP contribution in [0.15, 0.2) is 53.9 Å². The van der Waals surface area contributed by atoms with E-state index in [1.807, 2.05) is 30.5 Å². The summed E-state index contributed by atoms with van der Waals surface area (Å²) in [6.45, 7) is 1.57. The number of anilines is 1. The molecule has 0 fully saturated rings. The minimum atomic E-state index is -0.570. The van der Waals surface area contributed by atoms with Crippen LogP contribution in [0.3, 0.4) is 0 Å². The number of thiazole rings is 1. The number of nitrogens with zero attached hydrogens (tertiary/aromatic N) is 1. The Bertz CT molecular complexity index is 951. The Morgan fingerprint density at radius 2 is 1.93 bits per heavy atom. The van der Waals surface area contributed by atoms with Gasteiger partial charge in [0.25, 0.3) is 5.91 Å². The van der Waals surface area contributed by atoms with E-state index >= 15 is 0 Å². The molecule has 0 saturated heterocycles. The van der Waals surface area contributed by atoms with Crippen molar-refractivity contribution in [3.8, 4) is 17.0 Å². The Labute approximate surface area is 160 Å². The van der Waals surface area contributed by atoms with E-state index in [4.69, 9.17) is 9.47 Å². The van der Waals surface area contributed by atoms with Crippen LogP contribution >= 0.6 is 11.3 Å². The number of carbonyl (C=O) groups excluding carboxylic acids is 2. The van der Waals surface area contributed by atoms with E-state index in [2.05, 4.69) is 10.3 Å². The number of benzene rings is 2. The average molecular weight is 382 g/mol. The zero-order chi connectivity index (χ0) is 19.2. The Hall–Kier alpha value is -3.19. The van der Waals surface area contributed by atoms with Gasteiger partial charge < -0.3 is 14.8 Å². The molecule has 6 nitrogen and oxygen atoms in total.